The van der Waals surface area contributed by atoms with E-state index in [1.54, 1.807) is 0 Å². The van der Waals surface area contributed by atoms with Gasteiger partial charge in [0.05, 0.1) is 10.6 Å². The summed E-state index contributed by atoms with van der Waals surface area (Å²) in [5.41, 5.74) is -0.877. The number of alkyl halides is 3. The maximum absolute atomic E-state index is 13.2. The molecule has 1 amide bonds. The van der Waals surface area contributed by atoms with Crippen LogP contribution < -0.4 is 10.0 Å². The number of rotatable bonds is 5. The number of carbonyl (C=O) groups is 1. The topological polar surface area (TPSA) is 109 Å². The summed E-state index contributed by atoms with van der Waals surface area (Å²) >= 11 is 0. The molecule has 12 heteroatoms. The summed E-state index contributed by atoms with van der Waals surface area (Å²) < 4.78 is 75.2. The molecule has 164 valence electrons. The summed E-state index contributed by atoms with van der Waals surface area (Å²) in [5.74, 6) is -2.47. The van der Waals surface area contributed by atoms with E-state index >= 15 is 0 Å². The molecule has 1 heterocycles. The number of amides is 1. The number of hydrogen-bond donors (Lipinski definition) is 2. The number of aromatic amines is 1. The minimum atomic E-state index is -4.73. The van der Waals surface area contributed by atoms with Crippen LogP contribution in [0.25, 0.3) is 0 Å². The number of primary sulfonamides is 1. The SMILES string of the molecule is CN(C(=O)C(c1ccc(S(N)(=O)=O)cc1)c1cc(C(F)(F)F)n[nH]1)c1ccc(F)cc1. The van der Waals surface area contributed by atoms with E-state index in [-0.39, 0.29) is 16.2 Å². The summed E-state index contributed by atoms with van der Waals surface area (Å²) in [5, 5.41) is 10.5. The number of halogens is 4. The smallest absolute Gasteiger partial charge is 0.315 e. The van der Waals surface area contributed by atoms with E-state index in [2.05, 4.69) is 10.2 Å². The van der Waals surface area contributed by atoms with Gasteiger partial charge in [0, 0.05) is 12.7 Å². The molecule has 2 aromatic carbocycles. The molecule has 0 radical (unpaired) electrons. The predicted molar refractivity (Wildman–Crippen MR) is 103 cm³/mol. The quantitative estimate of drug-likeness (QED) is 0.575. The lowest BCUT2D eigenvalue weighted by Crippen LogP contribution is -2.32. The first-order valence-corrected chi connectivity index (χ1v) is 10.2. The van der Waals surface area contributed by atoms with E-state index < -0.39 is 39.5 Å². The minimum absolute atomic E-state index is 0.158. The fourth-order valence-corrected chi connectivity index (χ4v) is 3.44. The van der Waals surface area contributed by atoms with Gasteiger partial charge in [-0.3, -0.25) is 9.89 Å². The predicted octanol–water partition coefficient (Wildman–Crippen LogP) is 3.01. The normalized spacial score (nSPS) is 13.1. The number of anilines is 1. The van der Waals surface area contributed by atoms with Gasteiger partial charge in [-0.05, 0) is 48.0 Å². The lowest BCUT2D eigenvalue weighted by Gasteiger charge is -2.24. The van der Waals surface area contributed by atoms with Gasteiger partial charge < -0.3 is 4.90 Å². The van der Waals surface area contributed by atoms with Gasteiger partial charge in [-0.25, -0.2) is 17.9 Å². The highest BCUT2D eigenvalue weighted by atomic mass is 32.2. The number of aromatic nitrogens is 2. The highest BCUT2D eigenvalue weighted by Crippen LogP contribution is 2.33. The molecular formula is C19H16F4N4O3S. The van der Waals surface area contributed by atoms with E-state index in [0.717, 1.165) is 29.2 Å². The van der Waals surface area contributed by atoms with Gasteiger partial charge in [0.15, 0.2) is 5.69 Å². The first-order chi connectivity index (χ1) is 14.4. The molecule has 1 unspecified atom stereocenters. The van der Waals surface area contributed by atoms with Crippen molar-refractivity contribution < 1.29 is 30.8 Å². The Kier molecular flexibility index (Phi) is 5.87. The van der Waals surface area contributed by atoms with E-state index in [9.17, 15) is 30.8 Å². The number of benzene rings is 2. The lowest BCUT2D eigenvalue weighted by atomic mass is 9.94. The Hall–Kier alpha value is -3.25. The molecule has 0 aliphatic carbocycles. The zero-order valence-corrected chi connectivity index (χ0v) is 16.7. The molecule has 0 aliphatic rings. The van der Waals surface area contributed by atoms with Gasteiger partial charge in [0.1, 0.15) is 11.7 Å². The fraction of sp³-hybridized carbons (Fsp3) is 0.158. The van der Waals surface area contributed by atoms with Gasteiger partial charge in [0.25, 0.3) is 0 Å². The molecule has 3 N–H and O–H groups in total. The second-order valence-corrected chi connectivity index (χ2v) is 8.19. The molecule has 0 bridgehead atoms. The average Bonchev–Trinajstić information content (AvgIpc) is 3.18. The number of carbonyl (C=O) groups excluding carboxylic acids is 1. The lowest BCUT2D eigenvalue weighted by molar-refractivity contribution is -0.141. The summed E-state index contributed by atoms with van der Waals surface area (Å²) in [4.78, 5) is 14.1. The summed E-state index contributed by atoms with van der Waals surface area (Å²) in [7, 11) is -2.63. The van der Waals surface area contributed by atoms with Crippen molar-refractivity contribution in [1.82, 2.24) is 10.2 Å². The highest BCUT2D eigenvalue weighted by Gasteiger charge is 2.36. The molecule has 1 aromatic heterocycles. The van der Waals surface area contributed by atoms with Crippen LogP contribution in [0.2, 0.25) is 0 Å². The van der Waals surface area contributed by atoms with E-state index in [1.807, 2.05) is 0 Å². The zero-order valence-electron chi connectivity index (χ0n) is 15.9. The van der Waals surface area contributed by atoms with Gasteiger partial charge in [0.2, 0.25) is 15.9 Å². The maximum Gasteiger partial charge on any atom is 0.435 e. The first kappa shape index (κ1) is 22.4. The average molecular weight is 456 g/mol. The van der Waals surface area contributed by atoms with Crippen LogP contribution in [-0.4, -0.2) is 31.6 Å². The molecule has 0 saturated carbocycles. The molecule has 31 heavy (non-hydrogen) atoms. The number of likely N-dealkylation sites (N-methyl/N-ethyl adjacent to an activating group) is 1. The molecule has 7 nitrogen and oxygen atoms in total. The molecule has 0 fully saturated rings. The standard InChI is InChI=1S/C19H16F4N4O3S/c1-27(13-6-4-12(20)5-7-13)18(28)17(15-10-16(26-25-15)19(21,22)23)11-2-8-14(9-3-11)31(24,29)30/h2-10,17H,1H3,(H,25,26)(H2,24,29,30). The largest absolute Gasteiger partial charge is 0.435 e. The molecule has 0 aliphatic heterocycles. The monoisotopic (exact) mass is 456 g/mol. The van der Waals surface area contributed by atoms with Gasteiger partial charge in [-0.2, -0.15) is 18.3 Å². The van der Waals surface area contributed by atoms with Crippen LogP contribution >= 0.6 is 0 Å². The van der Waals surface area contributed by atoms with E-state index in [0.29, 0.717) is 11.8 Å². The van der Waals surface area contributed by atoms with Crippen LogP contribution in [0.1, 0.15) is 22.9 Å². The number of sulfonamides is 1. The third-order valence-electron chi connectivity index (χ3n) is 4.53. The van der Waals surface area contributed by atoms with Gasteiger partial charge >= 0.3 is 6.18 Å². The summed E-state index contributed by atoms with van der Waals surface area (Å²) in [6.07, 6.45) is -4.73. The summed E-state index contributed by atoms with van der Waals surface area (Å²) in [6.45, 7) is 0. The third kappa shape index (κ3) is 4.91. The second-order valence-electron chi connectivity index (χ2n) is 6.63. The van der Waals surface area contributed by atoms with Crippen molar-refractivity contribution in [3.05, 3.63) is 77.4 Å². The highest BCUT2D eigenvalue weighted by molar-refractivity contribution is 7.89. The Labute approximate surface area is 174 Å². The minimum Gasteiger partial charge on any atom is -0.315 e. The van der Waals surface area contributed by atoms with Crippen LogP contribution in [0.15, 0.2) is 59.5 Å². The molecule has 0 spiro atoms. The van der Waals surface area contributed by atoms with Gasteiger partial charge in [-0.15, -0.1) is 0 Å². The number of nitrogens with zero attached hydrogens (tertiary/aromatic N) is 2. The fourth-order valence-electron chi connectivity index (χ4n) is 2.92. The summed E-state index contributed by atoms with van der Waals surface area (Å²) in [6, 6.07) is 10.5. The molecule has 0 saturated heterocycles. The van der Waals surface area contributed by atoms with Crippen molar-refractivity contribution in [2.45, 2.75) is 17.0 Å². The number of nitrogens with two attached hydrogens (primary N) is 1. The van der Waals surface area contributed by atoms with Crippen LogP contribution in [0.3, 0.4) is 0 Å². The Bertz CT molecular complexity index is 1190. The van der Waals surface area contributed by atoms with Crippen molar-refractivity contribution in [2.75, 3.05) is 11.9 Å². The zero-order chi connectivity index (χ0) is 23.0. The van der Waals surface area contributed by atoms with Crippen LogP contribution in [0.5, 0.6) is 0 Å². The number of hydrogen-bond acceptors (Lipinski definition) is 4. The molecule has 3 aromatic rings. The Balaban J connectivity index is 2.06. The van der Waals surface area contributed by atoms with Crippen molar-refractivity contribution in [3.63, 3.8) is 0 Å². The Morgan fingerprint density at radius 3 is 2.16 bits per heavy atom. The Morgan fingerprint density at radius 1 is 1.10 bits per heavy atom. The van der Waals surface area contributed by atoms with Crippen molar-refractivity contribution in [3.8, 4) is 0 Å². The maximum atomic E-state index is 13.2. The van der Waals surface area contributed by atoms with Crippen molar-refractivity contribution in [1.29, 1.82) is 0 Å². The van der Waals surface area contributed by atoms with Crippen LogP contribution in [0, 0.1) is 5.82 Å². The van der Waals surface area contributed by atoms with Crippen molar-refractivity contribution in [2.24, 2.45) is 5.14 Å². The van der Waals surface area contributed by atoms with E-state index in [4.69, 9.17) is 5.14 Å². The molecule has 1 atom stereocenters. The van der Waals surface area contributed by atoms with Crippen LogP contribution in [0.4, 0.5) is 23.2 Å². The number of nitrogens with one attached hydrogen (secondary N) is 1. The van der Waals surface area contributed by atoms with Crippen LogP contribution in [-0.2, 0) is 21.0 Å². The van der Waals surface area contributed by atoms with Gasteiger partial charge in [-0.1, -0.05) is 12.1 Å². The third-order valence-corrected chi connectivity index (χ3v) is 5.46. The first-order valence-electron chi connectivity index (χ1n) is 8.66. The van der Waals surface area contributed by atoms with E-state index in [1.165, 1.54) is 31.3 Å². The van der Waals surface area contributed by atoms with Crippen molar-refractivity contribution >= 4 is 21.6 Å². The molecule has 3 rings (SSSR count). The Morgan fingerprint density at radius 2 is 1.68 bits per heavy atom. The number of H-pyrrole nitrogens is 1. The second kappa shape index (κ2) is 8.12. The molecular weight excluding hydrogens is 440 g/mol.